The molecule has 0 saturated carbocycles. The zero-order valence-electron chi connectivity index (χ0n) is 8.24. The van der Waals surface area contributed by atoms with Gasteiger partial charge in [0.05, 0.1) is 11.9 Å². The maximum Gasteiger partial charge on any atom is 0.125 e. The van der Waals surface area contributed by atoms with Crippen LogP contribution in [0.3, 0.4) is 0 Å². The Balaban J connectivity index is 2.49. The lowest BCUT2D eigenvalue weighted by Gasteiger charge is -2.04. The first kappa shape index (κ1) is 10.4. The van der Waals surface area contributed by atoms with Crippen LogP contribution in [-0.2, 0) is 5.33 Å². The van der Waals surface area contributed by atoms with Crippen molar-refractivity contribution in [1.82, 2.24) is 9.78 Å². The van der Waals surface area contributed by atoms with Crippen LogP contribution in [0.2, 0.25) is 0 Å². The monoisotopic (exact) mass is 268 g/mol. The first-order valence-corrected chi connectivity index (χ1v) is 5.70. The van der Waals surface area contributed by atoms with Gasteiger partial charge in [-0.2, -0.15) is 5.10 Å². The summed E-state index contributed by atoms with van der Waals surface area (Å²) in [5, 5.41) is 4.98. The number of rotatable bonds is 2. The fraction of sp³-hybridized carbons (Fsp3) is 0.182. The van der Waals surface area contributed by atoms with Crippen molar-refractivity contribution in [2.45, 2.75) is 12.3 Å². The first-order valence-electron chi connectivity index (χ1n) is 4.58. The molecule has 78 valence electrons. The van der Waals surface area contributed by atoms with Gasteiger partial charge in [-0.25, -0.2) is 9.07 Å². The fourth-order valence-electron chi connectivity index (χ4n) is 1.44. The van der Waals surface area contributed by atoms with Crippen molar-refractivity contribution in [3.05, 3.63) is 47.5 Å². The quantitative estimate of drug-likeness (QED) is 0.765. The molecule has 0 radical (unpaired) electrons. The smallest absolute Gasteiger partial charge is 0.125 e. The maximum atomic E-state index is 13.0. The number of nitrogens with zero attached hydrogens (tertiary/aromatic N) is 2. The number of alkyl halides is 1. The molecular weight excluding hydrogens is 259 g/mol. The molecule has 2 aromatic rings. The van der Waals surface area contributed by atoms with Gasteiger partial charge in [-0.3, -0.25) is 0 Å². The van der Waals surface area contributed by atoms with Crippen molar-refractivity contribution < 1.29 is 4.39 Å². The average molecular weight is 269 g/mol. The molecule has 4 heteroatoms. The highest BCUT2D eigenvalue weighted by atomic mass is 79.9. The minimum Gasteiger partial charge on any atom is -0.238 e. The van der Waals surface area contributed by atoms with Crippen molar-refractivity contribution in [2.75, 3.05) is 0 Å². The van der Waals surface area contributed by atoms with E-state index in [9.17, 15) is 4.39 Å². The molecule has 1 aromatic carbocycles. The molecule has 0 fully saturated rings. The van der Waals surface area contributed by atoms with Crippen LogP contribution < -0.4 is 0 Å². The van der Waals surface area contributed by atoms with Gasteiger partial charge in [-0.15, -0.1) is 0 Å². The first-order chi connectivity index (χ1) is 7.22. The standard InChI is InChI=1S/C11H10BrFN2/c1-8-9(6-12)7-14-15(8)11-4-2-3-10(13)5-11/h2-5,7H,6H2,1H3. The molecule has 0 unspecified atom stereocenters. The van der Waals surface area contributed by atoms with E-state index in [1.807, 2.05) is 13.0 Å². The van der Waals surface area contributed by atoms with Crippen LogP contribution in [0.15, 0.2) is 30.5 Å². The normalized spacial score (nSPS) is 10.6. The molecule has 0 aliphatic carbocycles. The lowest BCUT2D eigenvalue weighted by molar-refractivity contribution is 0.625. The van der Waals surface area contributed by atoms with Crippen molar-refractivity contribution in [2.24, 2.45) is 0 Å². The van der Waals surface area contributed by atoms with E-state index < -0.39 is 0 Å². The summed E-state index contributed by atoms with van der Waals surface area (Å²) in [6.07, 6.45) is 1.79. The predicted molar refractivity (Wildman–Crippen MR) is 60.9 cm³/mol. The van der Waals surface area contributed by atoms with Gasteiger partial charge < -0.3 is 0 Å². The summed E-state index contributed by atoms with van der Waals surface area (Å²) in [6.45, 7) is 1.97. The SMILES string of the molecule is Cc1c(CBr)cnn1-c1cccc(F)c1. The van der Waals surface area contributed by atoms with Gasteiger partial charge in [0, 0.05) is 16.6 Å². The summed E-state index contributed by atoms with van der Waals surface area (Å²) >= 11 is 3.38. The second kappa shape index (κ2) is 4.14. The number of aromatic nitrogens is 2. The minimum absolute atomic E-state index is 0.247. The van der Waals surface area contributed by atoms with E-state index in [1.54, 1.807) is 16.9 Å². The zero-order chi connectivity index (χ0) is 10.8. The van der Waals surface area contributed by atoms with Crippen LogP contribution in [0, 0.1) is 12.7 Å². The van der Waals surface area contributed by atoms with E-state index >= 15 is 0 Å². The molecular formula is C11H10BrFN2. The van der Waals surface area contributed by atoms with Gasteiger partial charge in [0.25, 0.3) is 0 Å². The topological polar surface area (TPSA) is 17.8 Å². The second-order valence-corrected chi connectivity index (χ2v) is 3.84. The van der Waals surface area contributed by atoms with E-state index in [0.717, 1.165) is 22.3 Å². The Morgan fingerprint density at radius 2 is 2.27 bits per heavy atom. The van der Waals surface area contributed by atoms with Gasteiger partial charge in [-0.1, -0.05) is 22.0 Å². The third-order valence-corrected chi connectivity index (χ3v) is 2.91. The lowest BCUT2D eigenvalue weighted by atomic mass is 10.2. The molecule has 0 aliphatic heterocycles. The van der Waals surface area contributed by atoms with Crippen LogP contribution in [0.25, 0.3) is 5.69 Å². The largest absolute Gasteiger partial charge is 0.238 e. The van der Waals surface area contributed by atoms with Crippen LogP contribution in [0.4, 0.5) is 4.39 Å². The maximum absolute atomic E-state index is 13.0. The summed E-state index contributed by atoms with van der Waals surface area (Å²) in [5.41, 5.74) is 2.89. The van der Waals surface area contributed by atoms with Crippen molar-refractivity contribution in [3.63, 3.8) is 0 Å². The van der Waals surface area contributed by atoms with Gasteiger partial charge in [0.2, 0.25) is 0 Å². The van der Waals surface area contributed by atoms with Gasteiger partial charge in [-0.05, 0) is 25.1 Å². The zero-order valence-corrected chi connectivity index (χ0v) is 9.83. The predicted octanol–water partition coefficient (Wildman–Crippen LogP) is 3.21. The van der Waals surface area contributed by atoms with Crippen molar-refractivity contribution >= 4 is 15.9 Å². The Kier molecular flexibility index (Phi) is 2.86. The Labute approximate surface area is 95.9 Å². The fourth-order valence-corrected chi connectivity index (χ4v) is 1.99. The van der Waals surface area contributed by atoms with Crippen LogP contribution in [0.5, 0.6) is 0 Å². The highest BCUT2D eigenvalue weighted by molar-refractivity contribution is 9.08. The van der Waals surface area contributed by atoms with E-state index in [4.69, 9.17) is 0 Å². The average Bonchev–Trinajstić information content (AvgIpc) is 2.59. The third-order valence-electron chi connectivity index (χ3n) is 2.31. The van der Waals surface area contributed by atoms with E-state index in [1.165, 1.54) is 12.1 Å². The molecule has 2 nitrogen and oxygen atoms in total. The molecule has 0 spiro atoms. The summed E-state index contributed by atoms with van der Waals surface area (Å²) in [7, 11) is 0. The van der Waals surface area contributed by atoms with Crippen LogP contribution in [-0.4, -0.2) is 9.78 Å². The number of benzene rings is 1. The molecule has 0 bridgehead atoms. The highest BCUT2D eigenvalue weighted by Gasteiger charge is 2.06. The number of halogens is 2. The lowest BCUT2D eigenvalue weighted by Crippen LogP contribution is -1.99. The van der Waals surface area contributed by atoms with Crippen molar-refractivity contribution in [3.8, 4) is 5.69 Å². The molecule has 0 atom stereocenters. The molecule has 0 N–H and O–H groups in total. The number of hydrogen-bond donors (Lipinski definition) is 0. The van der Waals surface area contributed by atoms with Gasteiger partial charge in [0.15, 0.2) is 0 Å². The molecule has 0 saturated heterocycles. The summed E-state index contributed by atoms with van der Waals surface area (Å²) in [4.78, 5) is 0. The van der Waals surface area contributed by atoms with Gasteiger partial charge in [0.1, 0.15) is 5.82 Å². The summed E-state index contributed by atoms with van der Waals surface area (Å²) in [6, 6.07) is 6.41. The molecule has 1 heterocycles. The number of hydrogen-bond acceptors (Lipinski definition) is 1. The molecule has 1 aromatic heterocycles. The van der Waals surface area contributed by atoms with E-state index in [2.05, 4.69) is 21.0 Å². The van der Waals surface area contributed by atoms with Crippen molar-refractivity contribution in [1.29, 1.82) is 0 Å². The minimum atomic E-state index is -0.247. The molecule has 15 heavy (non-hydrogen) atoms. The molecule has 0 aliphatic rings. The Morgan fingerprint density at radius 3 is 2.87 bits per heavy atom. The third kappa shape index (κ3) is 1.95. The summed E-state index contributed by atoms with van der Waals surface area (Å²) < 4.78 is 14.8. The highest BCUT2D eigenvalue weighted by Crippen LogP contribution is 2.16. The van der Waals surface area contributed by atoms with E-state index in [-0.39, 0.29) is 5.82 Å². The Morgan fingerprint density at radius 1 is 1.47 bits per heavy atom. The second-order valence-electron chi connectivity index (χ2n) is 3.28. The van der Waals surface area contributed by atoms with Gasteiger partial charge >= 0.3 is 0 Å². The van der Waals surface area contributed by atoms with Crippen LogP contribution in [0.1, 0.15) is 11.3 Å². The van der Waals surface area contributed by atoms with E-state index in [0.29, 0.717) is 0 Å². The molecule has 2 rings (SSSR count). The summed E-state index contributed by atoms with van der Waals surface area (Å²) in [5.74, 6) is -0.247. The van der Waals surface area contributed by atoms with Crippen LogP contribution >= 0.6 is 15.9 Å². The Bertz CT molecular complexity index is 479. The Hall–Kier alpha value is -1.16. The molecule has 0 amide bonds.